The molecular weight excluding hydrogens is 328 g/mol. The first kappa shape index (κ1) is 17.7. The van der Waals surface area contributed by atoms with Crippen LogP contribution >= 0.6 is 0 Å². The van der Waals surface area contributed by atoms with Gasteiger partial charge in [0.25, 0.3) is 5.91 Å². The number of rotatable bonds is 6. The fourth-order valence-corrected chi connectivity index (χ4v) is 2.81. The maximum atomic E-state index is 12.7. The Balaban J connectivity index is 1.75. The molecule has 26 heavy (non-hydrogen) atoms. The van der Waals surface area contributed by atoms with E-state index in [-0.39, 0.29) is 17.9 Å². The second-order valence-electron chi connectivity index (χ2n) is 6.41. The number of hydrogen-bond donors (Lipinski definition) is 1. The lowest BCUT2D eigenvalue weighted by atomic mass is 9.95. The lowest BCUT2D eigenvalue weighted by Crippen LogP contribution is -2.31. The molecular formula is C21H22N2O3. The Morgan fingerprint density at radius 3 is 2.31 bits per heavy atom. The van der Waals surface area contributed by atoms with Gasteiger partial charge in [0.05, 0.1) is 19.3 Å². The zero-order valence-corrected chi connectivity index (χ0v) is 15.1. The maximum absolute atomic E-state index is 12.7. The van der Waals surface area contributed by atoms with E-state index in [1.807, 2.05) is 36.4 Å². The van der Waals surface area contributed by atoms with Crippen LogP contribution in [0.1, 0.15) is 35.8 Å². The lowest BCUT2D eigenvalue weighted by molar-refractivity contribution is 0.0925. The minimum Gasteiger partial charge on any atom is -0.497 e. The second-order valence-corrected chi connectivity index (χ2v) is 6.41. The van der Waals surface area contributed by atoms with Crippen LogP contribution in [0.25, 0.3) is 11.3 Å². The van der Waals surface area contributed by atoms with Gasteiger partial charge in [-0.1, -0.05) is 38.1 Å². The lowest BCUT2D eigenvalue weighted by Gasteiger charge is -2.23. The molecule has 0 spiro atoms. The van der Waals surface area contributed by atoms with Gasteiger partial charge in [-0.05, 0) is 35.7 Å². The van der Waals surface area contributed by atoms with Crippen LogP contribution in [0.15, 0.2) is 65.5 Å². The predicted molar refractivity (Wildman–Crippen MR) is 100.0 cm³/mol. The number of nitrogens with zero attached hydrogens (tertiary/aromatic N) is 1. The fourth-order valence-electron chi connectivity index (χ4n) is 2.81. The Labute approximate surface area is 153 Å². The van der Waals surface area contributed by atoms with Crippen molar-refractivity contribution < 1.29 is 13.9 Å². The highest BCUT2D eigenvalue weighted by Crippen LogP contribution is 2.25. The van der Waals surface area contributed by atoms with Crippen LogP contribution in [-0.2, 0) is 0 Å². The fraction of sp³-hybridized carbons (Fsp3) is 0.238. The number of methoxy groups -OCH3 is 1. The molecule has 5 nitrogen and oxygen atoms in total. The van der Waals surface area contributed by atoms with E-state index in [1.54, 1.807) is 25.4 Å². The summed E-state index contributed by atoms with van der Waals surface area (Å²) in [4.78, 5) is 16.6. The first-order valence-electron chi connectivity index (χ1n) is 8.52. The maximum Gasteiger partial charge on any atom is 0.251 e. The molecule has 0 radical (unpaired) electrons. The number of benzene rings is 2. The summed E-state index contributed by atoms with van der Waals surface area (Å²) in [5.74, 6) is 1.62. The molecule has 2 aromatic carbocycles. The number of amides is 1. The minimum absolute atomic E-state index is 0.0812. The first-order chi connectivity index (χ1) is 12.6. The average Bonchev–Trinajstić information content (AvgIpc) is 3.21. The molecule has 134 valence electrons. The van der Waals surface area contributed by atoms with Gasteiger partial charge in [0.1, 0.15) is 5.75 Å². The average molecular weight is 350 g/mol. The third kappa shape index (κ3) is 3.94. The molecule has 0 saturated heterocycles. The Morgan fingerprint density at radius 1 is 1.08 bits per heavy atom. The number of carbonyl (C=O) groups is 1. The van der Waals surface area contributed by atoms with Gasteiger partial charge in [-0.25, -0.2) is 4.98 Å². The van der Waals surface area contributed by atoms with E-state index < -0.39 is 0 Å². The van der Waals surface area contributed by atoms with Crippen LogP contribution in [0, 0.1) is 5.92 Å². The largest absolute Gasteiger partial charge is 0.497 e. The standard InChI is InChI=1S/C21H22N2O3/c1-14(2)20(16-8-10-18(25-3)11-9-16)23-21(24)17-6-4-15(5-7-17)19-12-22-13-26-19/h4-14,20H,1-3H3,(H,23,24). The summed E-state index contributed by atoms with van der Waals surface area (Å²) in [7, 11) is 1.64. The van der Waals surface area contributed by atoms with Crippen LogP contribution in [0.3, 0.4) is 0 Å². The van der Waals surface area contributed by atoms with Crippen molar-refractivity contribution in [3.63, 3.8) is 0 Å². The molecule has 1 unspecified atom stereocenters. The van der Waals surface area contributed by atoms with E-state index in [4.69, 9.17) is 9.15 Å². The van der Waals surface area contributed by atoms with E-state index in [1.165, 1.54) is 6.39 Å². The highest BCUT2D eigenvalue weighted by molar-refractivity contribution is 5.94. The first-order valence-corrected chi connectivity index (χ1v) is 8.52. The smallest absolute Gasteiger partial charge is 0.251 e. The second kappa shape index (κ2) is 7.87. The van der Waals surface area contributed by atoms with Gasteiger partial charge in [0.15, 0.2) is 12.2 Å². The molecule has 0 aliphatic carbocycles. The zero-order chi connectivity index (χ0) is 18.5. The highest BCUT2D eigenvalue weighted by Gasteiger charge is 2.19. The normalized spacial score (nSPS) is 12.0. The number of nitrogens with one attached hydrogen (secondary N) is 1. The molecule has 1 amide bonds. The Morgan fingerprint density at radius 2 is 1.77 bits per heavy atom. The van der Waals surface area contributed by atoms with Gasteiger partial charge in [0.2, 0.25) is 0 Å². The summed E-state index contributed by atoms with van der Waals surface area (Å²) >= 11 is 0. The van der Waals surface area contributed by atoms with Crippen molar-refractivity contribution in [2.75, 3.05) is 7.11 Å². The number of ether oxygens (including phenoxy) is 1. The third-order valence-electron chi connectivity index (χ3n) is 4.29. The van der Waals surface area contributed by atoms with Crippen molar-refractivity contribution >= 4 is 5.91 Å². The molecule has 0 fully saturated rings. The number of carbonyl (C=O) groups excluding carboxylic acids is 1. The monoisotopic (exact) mass is 350 g/mol. The van der Waals surface area contributed by atoms with Crippen LogP contribution in [-0.4, -0.2) is 18.0 Å². The predicted octanol–water partition coefficient (Wildman–Crippen LogP) is 4.48. The molecule has 3 rings (SSSR count). The summed E-state index contributed by atoms with van der Waals surface area (Å²) in [6.07, 6.45) is 3.03. The van der Waals surface area contributed by atoms with Crippen LogP contribution in [0.4, 0.5) is 0 Å². The van der Waals surface area contributed by atoms with Crippen LogP contribution in [0.2, 0.25) is 0 Å². The summed E-state index contributed by atoms with van der Waals surface area (Å²) in [5.41, 5.74) is 2.54. The van der Waals surface area contributed by atoms with Gasteiger partial charge in [0, 0.05) is 11.1 Å². The van der Waals surface area contributed by atoms with Gasteiger partial charge < -0.3 is 14.5 Å². The van der Waals surface area contributed by atoms with Crippen molar-refractivity contribution in [1.82, 2.24) is 10.3 Å². The Bertz CT molecular complexity index is 838. The van der Waals surface area contributed by atoms with Crippen molar-refractivity contribution in [2.24, 2.45) is 5.92 Å². The van der Waals surface area contributed by atoms with Crippen LogP contribution < -0.4 is 10.1 Å². The topological polar surface area (TPSA) is 64.4 Å². The quantitative estimate of drug-likeness (QED) is 0.712. The molecule has 5 heteroatoms. The minimum atomic E-state index is -0.108. The van der Waals surface area contributed by atoms with Crippen molar-refractivity contribution in [2.45, 2.75) is 19.9 Å². The number of hydrogen-bond acceptors (Lipinski definition) is 4. The molecule has 1 N–H and O–H groups in total. The molecule has 0 aliphatic heterocycles. The molecule has 1 aromatic heterocycles. The summed E-state index contributed by atoms with van der Waals surface area (Å²) in [5, 5.41) is 3.13. The number of aromatic nitrogens is 1. The van der Waals surface area contributed by atoms with E-state index in [9.17, 15) is 4.79 Å². The molecule has 0 saturated carbocycles. The summed E-state index contributed by atoms with van der Waals surface area (Å²) in [6.45, 7) is 4.17. The molecule has 3 aromatic rings. The van der Waals surface area contributed by atoms with E-state index in [0.717, 1.165) is 16.9 Å². The highest BCUT2D eigenvalue weighted by atomic mass is 16.5. The molecule has 0 aliphatic rings. The van der Waals surface area contributed by atoms with Gasteiger partial charge >= 0.3 is 0 Å². The van der Waals surface area contributed by atoms with Gasteiger partial charge in [-0.3, -0.25) is 4.79 Å². The van der Waals surface area contributed by atoms with Crippen LogP contribution in [0.5, 0.6) is 5.75 Å². The Hall–Kier alpha value is -3.08. The SMILES string of the molecule is COc1ccc(C(NC(=O)c2ccc(-c3cnco3)cc2)C(C)C)cc1. The van der Waals surface area contributed by atoms with Gasteiger partial charge in [-0.2, -0.15) is 0 Å². The summed E-state index contributed by atoms with van der Waals surface area (Å²) in [6, 6.07) is 15.0. The molecule has 0 bridgehead atoms. The summed E-state index contributed by atoms with van der Waals surface area (Å²) < 4.78 is 10.5. The number of oxazole rings is 1. The zero-order valence-electron chi connectivity index (χ0n) is 15.1. The molecule has 1 atom stereocenters. The third-order valence-corrected chi connectivity index (χ3v) is 4.29. The molecule has 1 heterocycles. The van der Waals surface area contributed by atoms with Gasteiger partial charge in [-0.15, -0.1) is 0 Å². The Kier molecular flexibility index (Phi) is 5.37. The van der Waals surface area contributed by atoms with Crippen molar-refractivity contribution in [1.29, 1.82) is 0 Å². The van der Waals surface area contributed by atoms with E-state index in [0.29, 0.717) is 11.3 Å². The van der Waals surface area contributed by atoms with E-state index in [2.05, 4.69) is 24.1 Å². The van der Waals surface area contributed by atoms with Crippen molar-refractivity contribution in [3.8, 4) is 17.1 Å². The van der Waals surface area contributed by atoms with E-state index >= 15 is 0 Å². The van der Waals surface area contributed by atoms with Crippen molar-refractivity contribution in [3.05, 3.63) is 72.2 Å².